The number of ether oxygens (including phenoxy) is 1. The second-order valence-corrected chi connectivity index (χ2v) is 6.11. The maximum atomic E-state index is 10.3. The van der Waals surface area contributed by atoms with E-state index in [4.69, 9.17) is 10.00 Å². The number of rotatable bonds is 8. The van der Waals surface area contributed by atoms with Crippen LogP contribution in [-0.2, 0) is 6.54 Å². The highest BCUT2D eigenvalue weighted by Gasteiger charge is 2.15. The molecule has 4 nitrogen and oxygen atoms in total. The zero-order valence-corrected chi connectivity index (χ0v) is 14.2. The molecule has 0 aromatic heterocycles. The lowest BCUT2D eigenvalue weighted by Crippen LogP contribution is -2.39. The largest absolute Gasteiger partial charge is 0.491 e. The summed E-state index contributed by atoms with van der Waals surface area (Å²) in [5.41, 5.74) is 1.82. The van der Waals surface area contributed by atoms with Crippen LogP contribution < -0.4 is 4.74 Å². The highest BCUT2D eigenvalue weighted by molar-refractivity contribution is 5.34. The fourth-order valence-electron chi connectivity index (χ4n) is 2.42. The van der Waals surface area contributed by atoms with Gasteiger partial charge in [-0.1, -0.05) is 30.3 Å². The van der Waals surface area contributed by atoms with E-state index in [0.717, 1.165) is 6.54 Å². The van der Waals surface area contributed by atoms with Crippen LogP contribution in [0.1, 0.15) is 25.0 Å². The van der Waals surface area contributed by atoms with Crippen molar-refractivity contribution in [2.75, 3.05) is 13.2 Å². The summed E-state index contributed by atoms with van der Waals surface area (Å²) in [6, 6.07) is 19.5. The van der Waals surface area contributed by atoms with E-state index in [-0.39, 0.29) is 6.61 Å². The molecule has 0 bridgehead atoms. The number of hydrogen-bond acceptors (Lipinski definition) is 4. The summed E-state index contributed by atoms with van der Waals surface area (Å²) in [6.45, 7) is 5.81. The van der Waals surface area contributed by atoms with Gasteiger partial charge in [-0.3, -0.25) is 4.90 Å². The quantitative estimate of drug-likeness (QED) is 0.810. The molecule has 126 valence electrons. The van der Waals surface area contributed by atoms with Gasteiger partial charge in [0.05, 0.1) is 11.6 Å². The van der Waals surface area contributed by atoms with Crippen molar-refractivity contribution < 1.29 is 9.84 Å². The van der Waals surface area contributed by atoms with Crippen molar-refractivity contribution in [1.82, 2.24) is 4.90 Å². The summed E-state index contributed by atoms with van der Waals surface area (Å²) in [7, 11) is 0. The van der Waals surface area contributed by atoms with E-state index in [1.54, 1.807) is 24.3 Å². The molecule has 0 saturated heterocycles. The normalized spacial score (nSPS) is 12.2. The Kier molecular flexibility index (Phi) is 6.80. The van der Waals surface area contributed by atoms with Crippen LogP contribution in [0.3, 0.4) is 0 Å². The molecular formula is C20H24N2O2. The zero-order valence-electron chi connectivity index (χ0n) is 14.2. The van der Waals surface area contributed by atoms with Crippen molar-refractivity contribution in [1.29, 1.82) is 5.26 Å². The molecule has 0 aliphatic heterocycles. The van der Waals surface area contributed by atoms with Gasteiger partial charge in [0, 0.05) is 19.1 Å². The first-order valence-electron chi connectivity index (χ1n) is 8.17. The highest BCUT2D eigenvalue weighted by Crippen LogP contribution is 2.13. The summed E-state index contributed by atoms with van der Waals surface area (Å²) < 4.78 is 5.61. The van der Waals surface area contributed by atoms with Crippen LogP contribution in [0, 0.1) is 11.3 Å². The minimum Gasteiger partial charge on any atom is -0.491 e. The van der Waals surface area contributed by atoms with Gasteiger partial charge in [-0.05, 0) is 43.7 Å². The SMILES string of the molecule is CC(C)N(Cc1ccccc1)C[C@H](O)COc1ccc(C#N)cc1. The average molecular weight is 324 g/mol. The van der Waals surface area contributed by atoms with Crippen LogP contribution in [0.25, 0.3) is 0 Å². The van der Waals surface area contributed by atoms with Crippen molar-refractivity contribution in [3.63, 3.8) is 0 Å². The van der Waals surface area contributed by atoms with Gasteiger partial charge in [0.25, 0.3) is 0 Å². The third-order valence-electron chi connectivity index (χ3n) is 3.83. The third kappa shape index (κ3) is 5.69. The van der Waals surface area contributed by atoms with Crippen LogP contribution in [-0.4, -0.2) is 35.3 Å². The van der Waals surface area contributed by atoms with E-state index >= 15 is 0 Å². The summed E-state index contributed by atoms with van der Waals surface area (Å²) in [5, 5.41) is 19.1. The molecule has 2 aromatic carbocycles. The van der Waals surface area contributed by atoms with Crippen molar-refractivity contribution in [3.8, 4) is 11.8 Å². The van der Waals surface area contributed by atoms with Crippen LogP contribution in [0.15, 0.2) is 54.6 Å². The molecule has 1 N–H and O–H groups in total. The van der Waals surface area contributed by atoms with Gasteiger partial charge < -0.3 is 9.84 Å². The summed E-state index contributed by atoms with van der Waals surface area (Å²) in [6.07, 6.45) is -0.577. The first-order valence-corrected chi connectivity index (χ1v) is 8.17. The third-order valence-corrected chi connectivity index (χ3v) is 3.83. The molecule has 0 fully saturated rings. The van der Waals surface area contributed by atoms with Crippen molar-refractivity contribution in [2.45, 2.75) is 32.5 Å². The Bertz CT molecular complexity index is 648. The maximum Gasteiger partial charge on any atom is 0.119 e. The monoisotopic (exact) mass is 324 g/mol. The molecular weight excluding hydrogens is 300 g/mol. The first-order chi connectivity index (χ1) is 11.6. The molecule has 0 unspecified atom stereocenters. The fourth-order valence-corrected chi connectivity index (χ4v) is 2.42. The highest BCUT2D eigenvalue weighted by atomic mass is 16.5. The zero-order chi connectivity index (χ0) is 17.4. The Labute approximate surface area is 143 Å². The Morgan fingerprint density at radius 2 is 1.75 bits per heavy atom. The van der Waals surface area contributed by atoms with Gasteiger partial charge >= 0.3 is 0 Å². The Morgan fingerprint density at radius 3 is 2.33 bits per heavy atom. The van der Waals surface area contributed by atoms with Crippen molar-refractivity contribution >= 4 is 0 Å². The molecule has 2 rings (SSSR count). The smallest absolute Gasteiger partial charge is 0.119 e. The summed E-state index contributed by atoms with van der Waals surface area (Å²) in [4.78, 5) is 2.22. The van der Waals surface area contributed by atoms with Gasteiger partial charge in [0.15, 0.2) is 0 Å². The lowest BCUT2D eigenvalue weighted by molar-refractivity contribution is 0.0543. The Morgan fingerprint density at radius 1 is 1.08 bits per heavy atom. The molecule has 4 heteroatoms. The molecule has 0 amide bonds. The predicted molar refractivity (Wildman–Crippen MR) is 94.6 cm³/mol. The first kappa shape index (κ1) is 18.0. The van der Waals surface area contributed by atoms with Gasteiger partial charge in [-0.25, -0.2) is 0 Å². The van der Waals surface area contributed by atoms with Crippen LogP contribution in [0.4, 0.5) is 0 Å². The topological polar surface area (TPSA) is 56.5 Å². The minimum atomic E-state index is -0.577. The average Bonchev–Trinajstić information content (AvgIpc) is 2.60. The van der Waals surface area contributed by atoms with Gasteiger partial charge in [0.2, 0.25) is 0 Å². The van der Waals surface area contributed by atoms with E-state index in [1.807, 2.05) is 18.2 Å². The van der Waals surface area contributed by atoms with Gasteiger partial charge in [0.1, 0.15) is 18.5 Å². The van der Waals surface area contributed by atoms with Crippen LogP contribution in [0.5, 0.6) is 5.75 Å². The molecule has 24 heavy (non-hydrogen) atoms. The van der Waals surface area contributed by atoms with Gasteiger partial charge in [-0.2, -0.15) is 5.26 Å². The number of benzene rings is 2. The van der Waals surface area contributed by atoms with Crippen LogP contribution in [0.2, 0.25) is 0 Å². The molecule has 0 saturated carbocycles. The van der Waals surface area contributed by atoms with Crippen molar-refractivity contribution in [2.24, 2.45) is 0 Å². The second kappa shape index (κ2) is 9.07. The number of nitriles is 1. The molecule has 0 radical (unpaired) electrons. The Balaban J connectivity index is 1.85. The van der Waals surface area contributed by atoms with Crippen molar-refractivity contribution in [3.05, 3.63) is 65.7 Å². The summed E-state index contributed by atoms with van der Waals surface area (Å²) in [5.74, 6) is 0.659. The van der Waals surface area contributed by atoms with E-state index in [1.165, 1.54) is 5.56 Å². The van der Waals surface area contributed by atoms with E-state index in [9.17, 15) is 5.11 Å². The number of hydrogen-bond donors (Lipinski definition) is 1. The lowest BCUT2D eigenvalue weighted by Gasteiger charge is -2.28. The molecule has 0 spiro atoms. The second-order valence-electron chi connectivity index (χ2n) is 6.11. The van der Waals surface area contributed by atoms with Gasteiger partial charge in [-0.15, -0.1) is 0 Å². The lowest BCUT2D eigenvalue weighted by atomic mass is 10.1. The standard InChI is InChI=1S/C20H24N2O2/c1-16(2)22(13-18-6-4-3-5-7-18)14-19(23)15-24-20-10-8-17(12-21)9-11-20/h3-11,16,19,23H,13-15H2,1-2H3/t19-/m0/s1. The number of aliphatic hydroxyl groups excluding tert-OH is 1. The van der Waals surface area contributed by atoms with Crippen LogP contribution >= 0.6 is 0 Å². The fraction of sp³-hybridized carbons (Fsp3) is 0.350. The Hall–Kier alpha value is -2.35. The summed E-state index contributed by atoms with van der Waals surface area (Å²) >= 11 is 0. The number of aliphatic hydroxyl groups is 1. The minimum absolute atomic E-state index is 0.226. The number of nitrogens with zero attached hydrogens (tertiary/aromatic N) is 2. The molecule has 0 heterocycles. The van der Waals surface area contributed by atoms with E-state index in [2.05, 4.69) is 36.9 Å². The maximum absolute atomic E-state index is 10.3. The predicted octanol–water partition coefficient (Wildman–Crippen LogP) is 3.21. The molecule has 1 atom stereocenters. The molecule has 2 aromatic rings. The molecule has 0 aliphatic carbocycles. The molecule has 0 aliphatic rings. The van der Waals surface area contributed by atoms with E-state index < -0.39 is 6.10 Å². The van der Waals surface area contributed by atoms with E-state index in [0.29, 0.717) is 23.9 Å².